The van der Waals surface area contributed by atoms with Crippen LogP contribution in [0.2, 0.25) is 0 Å². The van der Waals surface area contributed by atoms with Crippen LogP contribution in [0.1, 0.15) is 66.2 Å². The number of esters is 1. The molecule has 0 atom stereocenters. The van der Waals surface area contributed by atoms with Gasteiger partial charge >= 0.3 is 5.97 Å². The van der Waals surface area contributed by atoms with Crippen LogP contribution in [0.4, 0.5) is 5.82 Å². The third-order valence-electron chi connectivity index (χ3n) is 7.52. The van der Waals surface area contributed by atoms with Gasteiger partial charge in [0.15, 0.2) is 0 Å². The van der Waals surface area contributed by atoms with Crippen LogP contribution in [-0.4, -0.2) is 73.7 Å². The summed E-state index contributed by atoms with van der Waals surface area (Å²) in [5, 5.41) is 9.90. The van der Waals surface area contributed by atoms with E-state index in [2.05, 4.69) is 6.07 Å². The predicted molar refractivity (Wildman–Crippen MR) is 151 cm³/mol. The zero-order chi connectivity index (χ0) is 29.6. The molecule has 0 radical (unpaired) electrons. The minimum atomic E-state index is -3.84. The highest BCUT2D eigenvalue weighted by Gasteiger charge is 2.34. The van der Waals surface area contributed by atoms with Crippen molar-refractivity contribution in [1.29, 1.82) is 5.26 Å². The van der Waals surface area contributed by atoms with E-state index in [0.717, 1.165) is 17.1 Å². The summed E-state index contributed by atoms with van der Waals surface area (Å²) in [6.07, 6.45) is 2.87. The van der Waals surface area contributed by atoms with Gasteiger partial charge in [-0.15, -0.1) is 0 Å². The number of anilines is 1. The van der Waals surface area contributed by atoms with Crippen LogP contribution >= 0.6 is 0 Å². The van der Waals surface area contributed by atoms with E-state index in [1.54, 1.807) is 42.2 Å². The van der Waals surface area contributed by atoms with Crippen molar-refractivity contribution in [3.8, 4) is 6.07 Å². The van der Waals surface area contributed by atoms with Gasteiger partial charge in [-0.3, -0.25) is 9.59 Å². The molecule has 0 saturated carbocycles. The molecule has 41 heavy (non-hydrogen) atoms. The van der Waals surface area contributed by atoms with Crippen molar-refractivity contribution < 1.29 is 27.5 Å². The van der Waals surface area contributed by atoms with Crippen LogP contribution in [0.25, 0.3) is 0 Å². The van der Waals surface area contributed by atoms with E-state index < -0.39 is 27.8 Å². The maximum atomic E-state index is 13.2. The maximum absolute atomic E-state index is 13.2. The molecule has 2 aromatic rings. The SMILES string of the molecule is CCOC(=O)c1cc(C#N)c(N2CCC(C(=O)N(C)S(=O)(=O)Cc3ccccc3)CC2)nc1CN1CCCCC1=O. The van der Waals surface area contributed by atoms with Crippen LogP contribution in [-0.2, 0) is 36.6 Å². The average Bonchev–Trinajstić information content (AvgIpc) is 2.97. The van der Waals surface area contributed by atoms with Gasteiger partial charge in [0.2, 0.25) is 21.8 Å². The summed E-state index contributed by atoms with van der Waals surface area (Å²) in [5.41, 5.74) is 1.30. The third-order valence-corrected chi connectivity index (χ3v) is 9.23. The first kappa shape index (κ1) is 30.0. The first-order valence-electron chi connectivity index (χ1n) is 13.8. The smallest absolute Gasteiger partial charge is 0.340 e. The van der Waals surface area contributed by atoms with E-state index in [9.17, 15) is 28.1 Å². The molecule has 218 valence electrons. The second-order valence-electron chi connectivity index (χ2n) is 10.3. The van der Waals surface area contributed by atoms with Crippen LogP contribution < -0.4 is 4.90 Å². The fourth-order valence-electron chi connectivity index (χ4n) is 5.19. The molecule has 2 aliphatic rings. The number of carbonyl (C=O) groups excluding carboxylic acids is 3. The summed E-state index contributed by atoms with van der Waals surface area (Å²) in [4.78, 5) is 46.6. The first-order valence-corrected chi connectivity index (χ1v) is 15.4. The van der Waals surface area contributed by atoms with Gasteiger partial charge in [0.25, 0.3) is 0 Å². The Labute approximate surface area is 240 Å². The minimum absolute atomic E-state index is 0.00979. The molecule has 3 heterocycles. The van der Waals surface area contributed by atoms with Crippen molar-refractivity contribution >= 4 is 33.6 Å². The lowest BCUT2D eigenvalue weighted by Gasteiger charge is -2.34. The van der Waals surface area contributed by atoms with Crippen LogP contribution in [0.5, 0.6) is 0 Å². The first-order chi connectivity index (χ1) is 19.6. The largest absolute Gasteiger partial charge is 0.462 e. The van der Waals surface area contributed by atoms with Crippen molar-refractivity contribution in [2.45, 2.75) is 51.3 Å². The zero-order valence-electron chi connectivity index (χ0n) is 23.4. The molecule has 1 aromatic heterocycles. The van der Waals surface area contributed by atoms with E-state index in [1.807, 2.05) is 4.90 Å². The summed E-state index contributed by atoms with van der Waals surface area (Å²) in [6.45, 7) is 3.27. The normalized spacial score (nSPS) is 16.3. The molecule has 2 aliphatic heterocycles. The van der Waals surface area contributed by atoms with E-state index in [-0.39, 0.29) is 35.9 Å². The molecule has 0 aliphatic carbocycles. The molecule has 11 nitrogen and oxygen atoms in total. The van der Waals surface area contributed by atoms with Gasteiger partial charge in [-0.25, -0.2) is 22.5 Å². The number of ether oxygens (including phenoxy) is 1. The fourth-order valence-corrected chi connectivity index (χ4v) is 6.42. The molecular formula is C29H35N5O6S. The molecule has 1 aromatic carbocycles. The number of benzene rings is 1. The monoisotopic (exact) mass is 581 g/mol. The molecule has 2 saturated heterocycles. The van der Waals surface area contributed by atoms with Gasteiger partial charge in [0.05, 0.1) is 35.7 Å². The summed E-state index contributed by atoms with van der Waals surface area (Å²) >= 11 is 0. The zero-order valence-corrected chi connectivity index (χ0v) is 24.2. The molecule has 0 spiro atoms. The Morgan fingerprint density at radius 1 is 1.15 bits per heavy atom. The van der Waals surface area contributed by atoms with Gasteiger partial charge in [0, 0.05) is 39.0 Å². The maximum Gasteiger partial charge on any atom is 0.340 e. The van der Waals surface area contributed by atoms with Gasteiger partial charge in [0.1, 0.15) is 11.9 Å². The molecule has 0 N–H and O–H groups in total. The lowest BCUT2D eigenvalue weighted by atomic mass is 9.95. The van der Waals surface area contributed by atoms with Gasteiger partial charge in [-0.05, 0) is 44.2 Å². The third kappa shape index (κ3) is 7.03. The van der Waals surface area contributed by atoms with Crippen LogP contribution in [0.3, 0.4) is 0 Å². The second-order valence-corrected chi connectivity index (χ2v) is 12.3. The molecule has 0 unspecified atom stereocenters. The Balaban J connectivity index is 1.51. The number of nitriles is 1. The molecule has 2 fully saturated rings. The number of rotatable bonds is 9. The molecule has 0 bridgehead atoms. The number of piperidine rings is 2. The highest BCUT2D eigenvalue weighted by Crippen LogP contribution is 2.29. The summed E-state index contributed by atoms with van der Waals surface area (Å²) < 4.78 is 31.8. The van der Waals surface area contributed by atoms with Crippen molar-refractivity contribution in [3.63, 3.8) is 0 Å². The quantitative estimate of drug-likeness (QED) is 0.409. The van der Waals surface area contributed by atoms with E-state index in [1.165, 1.54) is 13.1 Å². The topological polar surface area (TPSA) is 141 Å². The van der Waals surface area contributed by atoms with Crippen molar-refractivity contribution in [1.82, 2.24) is 14.2 Å². The number of sulfonamides is 1. The number of amides is 2. The van der Waals surface area contributed by atoms with Crippen molar-refractivity contribution in [2.24, 2.45) is 5.92 Å². The number of nitrogens with zero attached hydrogens (tertiary/aromatic N) is 5. The number of hydrogen-bond acceptors (Lipinski definition) is 9. The van der Waals surface area contributed by atoms with Gasteiger partial charge in [-0.2, -0.15) is 5.26 Å². The molecule has 12 heteroatoms. The highest BCUT2D eigenvalue weighted by molar-refractivity contribution is 7.88. The molecule has 4 rings (SSSR count). The van der Waals surface area contributed by atoms with Crippen molar-refractivity contribution in [3.05, 3.63) is 58.8 Å². The lowest BCUT2D eigenvalue weighted by molar-refractivity contribution is -0.134. The highest BCUT2D eigenvalue weighted by atomic mass is 32.2. The number of aromatic nitrogens is 1. The Kier molecular flexibility index (Phi) is 9.60. The van der Waals surface area contributed by atoms with Crippen LogP contribution in [0.15, 0.2) is 36.4 Å². The van der Waals surface area contributed by atoms with Crippen LogP contribution in [0, 0.1) is 17.2 Å². The minimum Gasteiger partial charge on any atom is -0.462 e. The second kappa shape index (κ2) is 13.1. The summed E-state index contributed by atoms with van der Waals surface area (Å²) in [7, 11) is -2.55. The molecular weight excluding hydrogens is 546 g/mol. The molecule has 2 amide bonds. The number of pyridine rings is 1. The lowest BCUT2D eigenvalue weighted by Crippen LogP contribution is -2.44. The van der Waals surface area contributed by atoms with E-state index in [0.29, 0.717) is 56.0 Å². The van der Waals surface area contributed by atoms with E-state index >= 15 is 0 Å². The van der Waals surface area contributed by atoms with E-state index in [4.69, 9.17) is 9.72 Å². The van der Waals surface area contributed by atoms with Gasteiger partial charge in [-0.1, -0.05) is 30.3 Å². The fraction of sp³-hybridized carbons (Fsp3) is 0.483. The number of hydrogen-bond donors (Lipinski definition) is 0. The summed E-state index contributed by atoms with van der Waals surface area (Å²) in [5.74, 6) is -1.47. The number of likely N-dealkylation sites (tertiary alicyclic amines) is 1. The summed E-state index contributed by atoms with van der Waals surface area (Å²) in [6, 6.07) is 12.3. The Morgan fingerprint density at radius 2 is 1.85 bits per heavy atom. The standard InChI is InChI=1S/C29H35N5O6S/c1-3-40-29(37)24-17-23(18-30)27(31-25(24)19-34-14-8-7-11-26(34)35)33-15-12-22(13-16-33)28(36)32(2)41(38,39)20-21-9-5-4-6-10-21/h4-6,9-10,17,22H,3,7-8,11-16,19-20H2,1-2H3. The average molecular weight is 582 g/mol. The predicted octanol–water partition coefficient (Wildman–Crippen LogP) is 2.85. The van der Waals surface area contributed by atoms with Crippen molar-refractivity contribution in [2.75, 3.05) is 38.2 Å². The van der Waals surface area contributed by atoms with Gasteiger partial charge < -0.3 is 14.5 Å². The number of carbonyl (C=O) groups is 3. The Hall–Kier alpha value is -3.98. The Bertz CT molecular complexity index is 1430. The Morgan fingerprint density at radius 3 is 2.49 bits per heavy atom.